The summed E-state index contributed by atoms with van der Waals surface area (Å²) >= 11 is 0. The fourth-order valence-corrected chi connectivity index (χ4v) is 2.36. The lowest BCUT2D eigenvalue weighted by Crippen LogP contribution is -2.46. The van der Waals surface area contributed by atoms with Crippen molar-refractivity contribution in [3.05, 3.63) is 35.1 Å². The van der Waals surface area contributed by atoms with Gasteiger partial charge in [0.25, 0.3) is 5.91 Å². The number of hydrogen-bond acceptors (Lipinski definition) is 2. The van der Waals surface area contributed by atoms with Crippen LogP contribution in [-0.2, 0) is 0 Å². The highest BCUT2D eigenvalue weighted by Crippen LogP contribution is 2.16. The molecule has 3 nitrogen and oxygen atoms in total. The molecule has 1 aromatic carbocycles. The van der Waals surface area contributed by atoms with E-state index in [4.69, 9.17) is 0 Å². The van der Waals surface area contributed by atoms with E-state index in [0.29, 0.717) is 17.2 Å². The van der Waals surface area contributed by atoms with Gasteiger partial charge < -0.3 is 10.2 Å². The summed E-state index contributed by atoms with van der Waals surface area (Å²) in [4.78, 5) is 14.1. The van der Waals surface area contributed by atoms with E-state index in [0.717, 1.165) is 25.9 Å². The third kappa shape index (κ3) is 2.70. The lowest BCUT2D eigenvalue weighted by molar-refractivity contribution is 0.0698. The zero-order chi connectivity index (χ0) is 13.1. The van der Waals surface area contributed by atoms with E-state index in [1.165, 1.54) is 6.07 Å². The maximum atomic E-state index is 13.2. The predicted molar refractivity (Wildman–Crippen MR) is 69.1 cm³/mol. The Morgan fingerprint density at radius 2 is 2.28 bits per heavy atom. The van der Waals surface area contributed by atoms with Gasteiger partial charge in [0.2, 0.25) is 0 Å². The first kappa shape index (κ1) is 13.0. The number of likely N-dealkylation sites (tertiary alicyclic amines) is 1. The molecule has 0 saturated carbocycles. The first-order chi connectivity index (χ1) is 8.61. The third-order valence-corrected chi connectivity index (χ3v) is 3.52. The van der Waals surface area contributed by atoms with Crippen LogP contribution < -0.4 is 5.32 Å². The Labute approximate surface area is 107 Å². The van der Waals surface area contributed by atoms with Crippen LogP contribution in [0.1, 0.15) is 28.8 Å². The zero-order valence-electron chi connectivity index (χ0n) is 10.9. The van der Waals surface area contributed by atoms with Crippen LogP contribution in [0.3, 0.4) is 0 Å². The second kappa shape index (κ2) is 5.48. The molecule has 0 bridgehead atoms. The fraction of sp³-hybridized carbons (Fsp3) is 0.500. The van der Waals surface area contributed by atoms with Gasteiger partial charge in [0.15, 0.2) is 0 Å². The number of rotatable bonds is 2. The van der Waals surface area contributed by atoms with E-state index >= 15 is 0 Å². The van der Waals surface area contributed by atoms with Crippen LogP contribution in [0.15, 0.2) is 18.2 Å². The molecule has 4 heteroatoms. The number of nitrogens with zero attached hydrogens (tertiary/aromatic N) is 1. The molecule has 0 spiro atoms. The minimum Gasteiger partial charge on any atom is -0.337 e. The number of piperidine rings is 1. The molecule has 2 rings (SSSR count). The monoisotopic (exact) mass is 250 g/mol. The van der Waals surface area contributed by atoms with E-state index in [-0.39, 0.29) is 11.7 Å². The van der Waals surface area contributed by atoms with Crippen molar-refractivity contribution in [2.24, 2.45) is 0 Å². The lowest BCUT2D eigenvalue weighted by atomic mass is 10.0. The smallest absolute Gasteiger partial charge is 0.253 e. The Hall–Kier alpha value is -1.42. The summed E-state index contributed by atoms with van der Waals surface area (Å²) < 4.78 is 13.2. The van der Waals surface area contributed by atoms with Crippen molar-refractivity contribution in [3.63, 3.8) is 0 Å². The number of benzene rings is 1. The Bertz CT molecular complexity index is 447. The second-order valence-corrected chi connectivity index (χ2v) is 4.84. The number of hydrogen-bond donors (Lipinski definition) is 1. The molecule has 0 radical (unpaired) electrons. The highest BCUT2D eigenvalue weighted by Gasteiger charge is 2.23. The van der Waals surface area contributed by atoms with E-state index in [9.17, 15) is 9.18 Å². The molecule has 1 N–H and O–H groups in total. The number of nitrogens with one attached hydrogen (secondary N) is 1. The molecule has 1 fully saturated rings. The third-order valence-electron chi connectivity index (χ3n) is 3.52. The molecular weight excluding hydrogens is 231 g/mol. The molecule has 1 saturated heterocycles. The van der Waals surface area contributed by atoms with Crippen molar-refractivity contribution >= 4 is 5.91 Å². The van der Waals surface area contributed by atoms with Crippen LogP contribution in [0, 0.1) is 12.7 Å². The normalized spacial score (nSPS) is 19.9. The van der Waals surface area contributed by atoms with Gasteiger partial charge in [0.05, 0.1) is 0 Å². The summed E-state index contributed by atoms with van der Waals surface area (Å²) in [6.45, 7) is 3.19. The Morgan fingerprint density at radius 1 is 1.50 bits per heavy atom. The van der Waals surface area contributed by atoms with Gasteiger partial charge in [-0.2, -0.15) is 0 Å². The summed E-state index contributed by atoms with van der Waals surface area (Å²) in [5, 5.41) is 3.21. The van der Waals surface area contributed by atoms with E-state index in [2.05, 4.69) is 5.32 Å². The topological polar surface area (TPSA) is 32.3 Å². The standard InChI is InChI=1S/C14H19FN2O/c1-10-8-11(5-6-13(10)15)14(18)17-7-3-4-12(9-17)16-2/h5-6,8,12,16H,3-4,7,9H2,1-2H3/t12-/m1/s1. The molecule has 0 unspecified atom stereocenters. The van der Waals surface area contributed by atoms with Gasteiger partial charge in [0, 0.05) is 24.7 Å². The van der Waals surface area contributed by atoms with Gasteiger partial charge in [-0.1, -0.05) is 0 Å². The molecule has 1 atom stereocenters. The Morgan fingerprint density at radius 3 is 2.94 bits per heavy atom. The van der Waals surface area contributed by atoms with Gasteiger partial charge in [-0.25, -0.2) is 4.39 Å². The Kier molecular flexibility index (Phi) is 3.97. The molecule has 1 aromatic rings. The van der Waals surface area contributed by atoms with Crippen LogP contribution in [0.4, 0.5) is 4.39 Å². The predicted octanol–water partition coefficient (Wildman–Crippen LogP) is 1.96. The van der Waals surface area contributed by atoms with Gasteiger partial charge in [0.1, 0.15) is 5.82 Å². The summed E-state index contributed by atoms with van der Waals surface area (Å²) in [5.74, 6) is -0.267. The van der Waals surface area contributed by atoms with Crippen LogP contribution in [0.25, 0.3) is 0 Å². The Balaban J connectivity index is 2.12. The molecule has 1 aliphatic rings. The van der Waals surface area contributed by atoms with Gasteiger partial charge in [-0.15, -0.1) is 0 Å². The average Bonchev–Trinajstić information content (AvgIpc) is 2.41. The summed E-state index contributed by atoms with van der Waals surface area (Å²) in [5.41, 5.74) is 1.09. The van der Waals surface area contributed by atoms with Crippen LogP contribution in [-0.4, -0.2) is 37.0 Å². The number of amides is 1. The minimum absolute atomic E-state index is 0.00181. The summed E-state index contributed by atoms with van der Waals surface area (Å²) in [7, 11) is 1.92. The largest absolute Gasteiger partial charge is 0.337 e. The van der Waals surface area contributed by atoms with Crippen LogP contribution in [0.2, 0.25) is 0 Å². The van der Waals surface area contributed by atoms with Crippen LogP contribution in [0.5, 0.6) is 0 Å². The first-order valence-electron chi connectivity index (χ1n) is 6.34. The van der Waals surface area contributed by atoms with Gasteiger partial charge in [-0.05, 0) is 50.6 Å². The molecule has 98 valence electrons. The minimum atomic E-state index is -0.265. The fourth-order valence-electron chi connectivity index (χ4n) is 2.36. The second-order valence-electron chi connectivity index (χ2n) is 4.84. The molecular formula is C14H19FN2O. The maximum absolute atomic E-state index is 13.2. The van der Waals surface area contributed by atoms with Crippen molar-refractivity contribution in [2.45, 2.75) is 25.8 Å². The van der Waals surface area contributed by atoms with Gasteiger partial charge in [-0.3, -0.25) is 4.79 Å². The van der Waals surface area contributed by atoms with E-state index in [1.54, 1.807) is 19.1 Å². The molecule has 1 heterocycles. The molecule has 0 aromatic heterocycles. The molecule has 1 aliphatic heterocycles. The average molecular weight is 250 g/mol. The SMILES string of the molecule is CN[C@@H]1CCCN(C(=O)c2ccc(F)c(C)c2)C1. The molecule has 0 aliphatic carbocycles. The van der Waals surface area contributed by atoms with Crippen molar-refractivity contribution in [3.8, 4) is 0 Å². The van der Waals surface area contributed by atoms with E-state index in [1.807, 2.05) is 11.9 Å². The maximum Gasteiger partial charge on any atom is 0.253 e. The number of carbonyl (C=O) groups is 1. The number of aryl methyl sites for hydroxylation is 1. The van der Waals surface area contributed by atoms with E-state index < -0.39 is 0 Å². The summed E-state index contributed by atoms with van der Waals surface area (Å²) in [6, 6.07) is 4.92. The number of halogens is 1. The number of carbonyl (C=O) groups excluding carboxylic acids is 1. The highest BCUT2D eigenvalue weighted by molar-refractivity contribution is 5.94. The van der Waals surface area contributed by atoms with Crippen molar-refractivity contribution in [2.75, 3.05) is 20.1 Å². The lowest BCUT2D eigenvalue weighted by Gasteiger charge is -2.32. The summed E-state index contributed by atoms with van der Waals surface area (Å²) in [6.07, 6.45) is 2.11. The van der Waals surface area contributed by atoms with Gasteiger partial charge >= 0.3 is 0 Å². The first-order valence-corrected chi connectivity index (χ1v) is 6.34. The van der Waals surface area contributed by atoms with Crippen LogP contribution >= 0.6 is 0 Å². The van der Waals surface area contributed by atoms with Crippen molar-refractivity contribution in [1.82, 2.24) is 10.2 Å². The van der Waals surface area contributed by atoms with Crippen molar-refractivity contribution in [1.29, 1.82) is 0 Å². The molecule has 18 heavy (non-hydrogen) atoms. The number of likely N-dealkylation sites (N-methyl/N-ethyl adjacent to an activating group) is 1. The quantitative estimate of drug-likeness (QED) is 0.870. The van der Waals surface area contributed by atoms with Crippen molar-refractivity contribution < 1.29 is 9.18 Å². The highest BCUT2D eigenvalue weighted by atomic mass is 19.1. The zero-order valence-corrected chi connectivity index (χ0v) is 10.9. The molecule has 1 amide bonds.